The van der Waals surface area contributed by atoms with Crippen LogP contribution < -0.4 is 11.0 Å². The zero-order chi connectivity index (χ0) is 19.4. The van der Waals surface area contributed by atoms with Crippen molar-refractivity contribution in [1.29, 1.82) is 0 Å². The number of aromatic nitrogens is 2. The maximum atomic E-state index is 12.7. The minimum atomic E-state index is -0.445. The maximum absolute atomic E-state index is 12.7. The fourth-order valence-corrected chi connectivity index (χ4v) is 2.88. The summed E-state index contributed by atoms with van der Waals surface area (Å²) in [7, 11) is 1.53. The first-order valence-corrected chi connectivity index (χ1v) is 8.85. The topological polar surface area (TPSA) is 76.3 Å². The van der Waals surface area contributed by atoms with Crippen molar-refractivity contribution < 1.29 is 4.79 Å². The minimum absolute atomic E-state index is 0.174. The fourth-order valence-electron chi connectivity index (χ4n) is 2.88. The summed E-state index contributed by atoms with van der Waals surface area (Å²) in [6.07, 6.45) is 0.728. The number of amides is 1. The molecule has 1 N–H and O–H groups in total. The number of carbonyl (C=O) groups excluding carboxylic acids is 1. The highest BCUT2D eigenvalue weighted by Gasteiger charge is 2.16. The van der Waals surface area contributed by atoms with E-state index in [2.05, 4.69) is 29.5 Å². The third kappa shape index (κ3) is 4.11. The molecule has 0 aliphatic rings. The van der Waals surface area contributed by atoms with E-state index in [4.69, 9.17) is 0 Å². The number of hydrazone groups is 1. The van der Waals surface area contributed by atoms with E-state index in [1.165, 1.54) is 11.7 Å². The number of nitrogens with zero attached hydrogens (tertiary/aromatic N) is 3. The number of hydrogen-bond acceptors (Lipinski definition) is 4. The van der Waals surface area contributed by atoms with Crippen LogP contribution in [-0.2, 0) is 7.05 Å². The van der Waals surface area contributed by atoms with Crippen molar-refractivity contribution in [3.63, 3.8) is 0 Å². The van der Waals surface area contributed by atoms with Crippen molar-refractivity contribution in [2.45, 2.75) is 20.3 Å². The van der Waals surface area contributed by atoms with Crippen LogP contribution in [0.3, 0.4) is 0 Å². The molecule has 1 heterocycles. The first-order valence-electron chi connectivity index (χ1n) is 8.85. The lowest BCUT2D eigenvalue weighted by atomic mass is 10.0. The van der Waals surface area contributed by atoms with Gasteiger partial charge >= 0.3 is 0 Å². The molecule has 6 nitrogen and oxygen atoms in total. The number of fused-ring (bicyclic) bond motifs is 1. The summed E-state index contributed by atoms with van der Waals surface area (Å²) in [6, 6.07) is 16.7. The first-order chi connectivity index (χ1) is 13.0. The SMILES string of the molecule is CC(C)C/C(=N\NC(=O)c1nn(C)c(=O)c2ccccc12)c1ccccc1. The molecule has 0 radical (unpaired) electrons. The van der Waals surface area contributed by atoms with E-state index in [0.29, 0.717) is 16.7 Å². The molecule has 3 rings (SSSR count). The second kappa shape index (κ2) is 7.95. The Morgan fingerprint density at radius 2 is 1.70 bits per heavy atom. The Hall–Kier alpha value is -3.28. The standard InChI is InChI=1S/C21H22N4O2/c1-14(2)13-18(15-9-5-4-6-10-15)22-23-20(26)19-16-11-7-8-12-17(16)21(27)25(3)24-19/h4-12,14H,13H2,1-3H3,(H,23,26)/b22-18+. The molecule has 6 heteroatoms. The highest BCUT2D eigenvalue weighted by molar-refractivity contribution is 6.06. The van der Waals surface area contributed by atoms with Crippen LogP contribution in [0.15, 0.2) is 64.5 Å². The smallest absolute Gasteiger partial charge is 0.267 e. The van der Waals surface area contributed by atoms with Crippen LogP contribution in [0.2, 0.25) is 0 Å². The molecule has 0 saturated heterocycles. The van der Waals surface area contributed by atoms with Gasteiger partial charge in [0, 0.05) is 12.4 Å². The van der Waals surface area contributed by atoms with Gasteiger partial charge in [-0.3, -0.25) is 9.59 Å². The molecule has 3 aromatic rings. The molecule has 138 valence electrons. The Bertz CT molecular complexity index is 1050. The average Bonchev–Trinajstić information content (AvgIpc) is 2.68. The molecule has 0 aliphatic carbocycles. The second-order valence-electron chi connectivity index (χ2n) is 6.79. The van der Waals surface area contributed by atoms with Gasteiger partial charge in [-0.2, -0.15) is 10.2 Å². The van der Waals surface area contributed by atoms with Crippen molar-refractivity contribution in [2.75, 3.05) is 0 Å². The lowest BCUT2D eigenvalue weighted by Crippen LogP contribution is -2.28. The third-order valence-corrected chi connectivity index (χ3v) is 4.17. The van der Waals surface area contributed by atoms with Crippen LogP contribution in [0.1, 0.15) is 36.3 Å². The van der Waals surface area contributed by atoms with Gasteiger partial charge in [0.25, 0.3) is 11.5 Å². The summed E-state index contributed by atoms with van der Waals surface area (Å²) in [5.74, 6) is -0.0589. The zero-order valence-corrected chi connectivity index (χ0v) is 15.6. The summed E-state index contributed by atoms with van der Waals surface area (Å²) in [5, 5.41) is 9.46. The Balaban J connectivity index is 1.97. The summed E-state index contributed by atoms with van der Waals surface area (Å²) < 4.78 is 1.17. The van der Waals surface area contributed by atoms with Gasteiger partial charge in [-0.1, -0.05) is 62.4 Å². The average molecular weight is 362 g/mol. The molecule has 0 aliphatic heterocycles. The molecule has 27 heavy (non-hydrogen) atoms. The van der Waals surface area contributed by atoms with Crippen molar-refractivity contribution in [1.82, 2.24) is 15.2 Å². The molecule has 0 unspecified atom stereocenters. The van der Waals surface area contributed by atoms with Crippen molar-refractivity contribution >= 4 is 22.4 Å². The molecule has 0 atom stereocenters. The zero-order valence-electron chi connectivity index (χ0n) is 15.6. The normalized spacial score (nSPS) is 11.8. The predicted octanol–water partition coefficient (Wildman–Crippen LogP) is 3.11. The van der Waals surface area contributed by atoms with Crippen LogP contribution >= 0.6 is 0 Å². The molecular formula is C21H22N4O2. The van der Waals surface area contributed by atoms with Crippen molar-refractivity contribution in [3.8, 4) is 0 Å². The quantitative estimate of drug-likeness (QED) is 0.560. The monoisotopic (exact) mass is 362 g/mol. The van der Waals surface area contributed by atoms with Crippen molar-refractivity contribution in [3.05, 3.63) is 76.2 Å². The molecule has 1 aromatic heterocycles. The molecule has 0 saturated carbocycles. The predicted molar refractivity (Wildman–Crippen MR) is 107 cm³/mol. The number of nitrogens with one attached hydrogen (secondary N) is 1. The Morgan fingerprint density at radius 3 is 2.37 bits per heavy atom. The van der Waals surface area contributed by atoms with E-state index in [-0.39, 0.29) is 11.3 Å². The summed E-state index contributed by atoms with van der Waals surface area (Å²) in [6.45, 7) is 4.20. The van der Waals surface area contributed by atoms with Gasteiger partial charge in [0.05, 0.1) is 11.1 Å². The third-order valence-electron chi connectivity index (χ3n) is 4.17. The minimum Gasteiger partial charge on any atom is -0.267 e. The van der Waals surface area contributed by atoms with Crippen LogP contribution in [0.4, 0.5) is 0 Å². The van der Waals surface area contributed by atoms with Crippen LogP contribution in [0.5, 0.6) is 0 Å². The van der Waals surface area contributed by atoms with Gasteiger partial charge in [-0.25, -0.2) is 10.1 Å². The summed E-state index contributed by atoms with van der Waals surface area (Å²) in [5.41, 5.74) is 4.31. The second-order valence-corrected chi connectivity index (χ2v) is 6.79. The highest BCUT2D eigenvalue weighted by Crippen LogP contribution is 2.14. The van der Waals surface area contributed by atoms with E-state index < -0.39 is 5.91 Å². The van der Waals surface area contributed by atoms with E-state index in [1.807, 2.05) is 30.3 Å². The number of hydrogen-bond donors (Lipinski definition) is 1. The molecule has 0 fully saturated rings. The number of aryl methyl sites for hydroxylation is 1. The van der Waals surface area contributed by atoms with Crippen LogP contribution in [0, 0.1) is 5.92 Å². The molecule has 1 amide bonds. The van der Waals surface area contributed by atoms with Gasteiger partial charge in [-0.05, 0) is 24.0 Å². The van der Waals surface area contributed by atoms with Gasteiger partial charge in [-0.15, -0.1) is 0 Å². The number of carbonyl (C=O) groups is 1. The van der Waals surface area contributed by atoms with Crippen LogP contribution in [0.25, 0.3) is 10.8 Å². The number of rotatable bonds is 5. The molecular weight excluding hydrogens is 340 g/mol. The Morgan fingerprint density at radius 1 is 1.07 bits per heavy atom. The van der Waals surface area contributed by atoms with Gasteiger partial charge in [0.15, 0.2) is 5.69 Å². The Kier molecular flexibility index (Phi) is 5.45. The van der Waals surface area contributed by atoms with E-state index in [1.54, 1.807) is 24.3 Å². The van der Waals surface area contributed by atoms with E-state index >= 15 is 0 Å². The first kappa shape index (κ1) is 18.5. The molecule has 0 bridgehead atoms. The largest absolute Gasteiger partial charge is 0.292 e. The van der Waals surface area contributed by atoms with Crippen LogP contribution in [-0.4, -0.2) is 21.4 Å². The molecule has 2 aromatic carbocycles. The lowest BCUT2D eigenvalue weighted by molar-refractivity contribution is 0.0949. The fraction of sp³-hybridized carbons (Fsp3) is 0.238. The van der Waals surface area contributed by atoms with E-state index in [9.17, 15) is 9.59 Å². The van der Waals surface area contributed by atoms with E-state index in [0.717, 1.165) is 17.7 Å². The van der Waals surface area contributed by atoms with Gasteiger partial charge < -0.3 is 0 Å². The highest BCUT2D eigenvalue weighted by atomic mass is 16.2. The number of benzene rings is 2. The van der Waals surface area contributed by atoms with Gasteiger partial charge in [0.1, 0.15) is 0 Å². The summed E-state index contributed by atoms with van der Waals surface area (Å²) >= 11 is 0. The summed E-state index contributed by atoms with van der Waals surface area (Å²) in [4.78, 5) is 25.0. The van der Waals surface area contributed by atoms with Crippen molar-refractivity contribution in [2.24, 2.45) is 18.1 Å². The maximum Gasteiger partial charge on any atom is 0.292 e. The Labute approximate surface area is 157 Å². The van der Waals surface area contributed by atoms with Gasteiger partial charge in [0.2, 0.25) is 0 Å². The molecule has 0 spiro atoms. The lowest BCUT2D eigenvalue weighted by Gasteiger charge is -2.11.